The van der Waals surface area contributed by atoms with Gasteiger partial charge in [-0.2, -0.15) is 0 Å². The molecule has 0 aromatic rings. The first-order chi connectivity index (χ1) is 11.8. The van der Waals surface area contributed by atoms with Crippen LogP contribution < -0.4 is 5.73 Å². The Morgan fingerprint density at radius 3 is 1.67 bits per heavy atom. The zero-order chi connectivity index (χ0) is 17.7. The van der Waals surface area contributed by atoms with E-state index in [2.05, 4.69) is 19.1 Å². The third-order valence-corrected chi connectivity index (χ3v) is 3.93. The van der Waals surface area contributed by atoms with Crippen molar-refractivity contribution in [2.75, 3.05) is 0 Å². The highest BCUT2D eigenvalue weighted by Crippen LogP contribution is 2.11. The van der Waals surface area contributed by atoms with Gasteiger partial charge in [-0.25, -0.2) is 0 Å². The van der Waals surface area contributed by atoms with Crippen molar-refractivity contribution >= 4 is 5.91 Å². The highest BCUT2D eigenvalue weighted by atomic mass is 16.1. The van der Waals surface area contributed by atoms with Crippen molar-refractivity contribution in [2.24, 2.45) is 5.73 Å². The van der Waals surface area contributed by atoms with Crippen LogP contribution in [-0.4, -0.2) is 5.91 Å². The zero-order valence-electron chi connectivity index (χ0n) is 15.6. The van der Waals surface area contributed by atoms with Crippen LogP contribution in [0.3, 0.4) is 0 Å². The Balaban J connectivity index is 3.30. The maximum atomic E-state index is 10.5. The fourth-order valence-electron chi connectivity index (χ4n) is 2.51. The lowest BCUT2D eigenvalue weighted by Gasteiger charge is -2.01. The highest BCUT2D eigenvalue weighted by molar-refractivity contribution is 5.85. The van der Waals surface area contributed by atoms with Crippen LogP contribution in [0.5, 0.6) is 0 Å². The van der Waals surface area contributed by atoms with Crippen LogP contribution in [0.4, 0.5) is 0 Å². The summed E-state index contributed by atoms with van der Waals surface area (Å²) in [5.41, 5.74) is 4.98. The summed E-state index contributed by atoms with van der Waals surface area (Å²) in [6.07, 6.45) is 31.4. The van der Waals surface area contributed by atoms with E-state index in [1.54, 1.807) is 12.2 Å². The lowest BCUT2D eigenvalue weighted by atomic mass is 10.1. The maximum Gasteiger partial charge on any atom is 0.241 e. The Bertz CT molecular complexity index is 391. The average Bonchev–Trinajstić information content (AvgIpc) is 2.56. The molecule has 0 atom stereocenters. The first-order valence-corrected chi connectivity index (χ1v) is 9.73. The molecule has 0 unspecified atom stereocenters. The minimum absolute atomic E-state index is 0.421. The second kappa shape index (κ2) is 19.5. The Labute approximate surface area is 149 Å². The zero-order valence-corrected chi connectivity index (χ0v) is 15.6. The summed E-state index contributed by atoms with van der Waals surface area (Å²) in [6, 6.07) is 0. The van der Waals surface area contributed by atoms with Gasteiger partial charge in [0, 0.05) is 6.08 Å². The summed E-state index contributed by atoms with van der Waals surface area (Å²) < 4.78 is 0. The van der Waals surface area contributed by atoms with Gasteiger partial charge in [0.1, 0.15) is 0 Å². The lowest BCUT2D eigenvalue weighted by Crippen LogP contribution is -2.04. The number of primary amides is 1. The third kappa shape index (κ3) is 20.4. The van der Waals surface area contributed by atoms with Gasteiger partial charge in [-0.05, 0) is 12.8 Å². The molecule has 0 aromatic heterocycles. The van der Waals surface area contributed by atoms with Crippen molar-refractivity contribution in [1.82, 2.24) is 0 Å². The Morgan fingerprint density at radius 1 is 0.667 bits per heavy atom. The summed E-state index contributed by atoms with van der Waals surface area (Å²) in [6.45, 7) is 2.27. The van der Waals surface area contributed by atoms with E-state index < -0.39 is 5.91 Å². The summed E-state index contributed by atoms with van der Waals surface area (Å²) in [4.78, 5) is 10.5. The van der Waals surface area contributed by atoms with Gasteiger partial charge in [-0.3, -0.25) is 4.79 Å². The SMILES string of the molecule is CCCCCCCCCCCCCC=CC=CC=CC=CC(N)=O. The predicted octanol–water partition coefficient (Wildman–Crippen LogP) is 6.40. The fourth-order valence-corrected chi connectivity index (χ4v) is 2.51. The van der Waals surface area contributed by atoms with Crippen molar-refractivity contribution in [3.05, 3.63) is 48.6 Å². The van der Waals surface area contributed by atoms with Gasteiger partial charge < -0.3 is 5.73 Å². The molecule has 2 heteroatoms. The molecule has 1 amide bonds. The molecule has 24 heavy (non-hydrogen) atoms. The van der Waals surface area contributed by atoms with Gasteiger partial charge in [0.2, 0.25) is 5.91 Å². The van der Waals surface area contributed by atoms with Crippen molar-refractivity contribution in [3.63, 3.8) is 0 Å². The molecule has 0 aromatic carbocycles. The van der Waals surface area contributed by atoms with Crippen molar-refractivity contribution in [1.29, 1.82) is 0 Å². The van der Waals surface area contributed by atoms with Crippen LogP contribution in [0.15, 0.2) is 48.6 Å². The summed E-state index contributed by atoms with van der Waals surface area (Å²) in [5.74, 6) is -0.421. The van der Waals surface area contributed by atoms with E-state index in [9.17, 15) is 4.79 Å². The largest absolute Gasteiger partial charge is 0.366 e. The van der Waals surface area contributed by atoms with Gasteiger partial charge in [0.15, 0.2) is 0 Å². The number of carbonyl (C=O) groups is 1. The lowest BCUT2D eigenvalue weighted by molar-refractivity contribution is -0.113. The molecule has 0 radical (unpaired) electrons. The number of allylic oxidation sites excluding steroid dienone is 7. The molecule has 0 saturated heterocycles. The molecule has 0 aliphatic heterocycles. The smallest absolute Gasteiger partial charge is 0.241 e. The highest BCUT2D eigenvalue weighted by Gasteiger charge is 1.92. The number of carbonyl (C=O) groups excluding carboxylic acids is 1. The predicted molar refractivity (Wildman–Crippen MR) is 107 cm³/mol. The molecule has 136 valence electrons. The topological polar surface area (TPSA) is 43.1 Å². The molecule has 0 aliphatic carbocycles. The minimum Gasteiger partial charge on any atom is -0.366 e. The van der Waals surface area contributed by atoms with Gasteiger partial charge in [-0.1, -0.05) is 114 Å². The Kier molecular flexibility index (Phi) is 18.2. The number of hydrogen-bond donors (Lipinski definition) is 1. The van der Waals surface area contributed by atoms with Crippen molar-refractivity contribution in [2.45, 2.75) is 84.0 Å². The standard InChI is InChI=1S/C22H37NO/c1-2-3-4-5-6-7-8-9-10-11-12-13-14-15-16-17-18-19-20-21-22(23)24/h14-21H,2-13H2,1H3,(H2,23,24). The minimum atomic E-state index is -0.421. The number of hydrogen-bond acceptors (Lipinski definition) is 1. The van der Waals surface area contributed by atoms with E-state index in [1.165, 1.54) is 76.7 Å². The number of nitrogens with two attached hydrogens (primary N) is 1. The third-order valence-electron chi connectivity index (χ3n) is 3.93. The molecule has 0 bridgehead atoms. The maximum absolute atomic E-state index is 10.5. The van der Waals surface area contributed by atoms with Crippen molar-refractivity contribution in [3.8, 4) is 0 Å². The van der Waals surface area contributed by atoms with Gasteiger partial charge in [0.05, 0.1) is 0 Å². The van der Waals surface area contributed by atoms with E-state index in [4.69, 9.17) is 5.73 Å². The number of rotatable bonds is 16. The van der Waals surface area contributed by atoms with Crippen molar-refractivity contribution < 1.29 is 4.79 Å². The molecule has 0 fully saturated rings. The fraction of sp³-hybridized carbons (Fsp3) is 0.591. The molecule has 0 saturated carbocycles. The molecule has 2 nitrogen and oxygen atoms in total. The first kappa shape index (κ1) is 22.4. The normalized spacial score (nSPS) is 12.4. The number of unbranched alkanes of at least 4 members (excludes halogenated alkanes) is 11. The molecule has 0 rings (SSSR count). The summed E-state index contributed by atoms with van der Waals surface area (Å²) >= 11 is 0. The molecule has 2 N–H and O–H groups in total. The Hall–Kier alpha value is -1.57. The van der Waals surface area contributed by atoms with E-state index in [0.29, 0.717) is 0 Å². The molecule has 0 aliphatic rings. The summed E-state index contributed by atoms with van der Waals surface area (Å²) in [7, 11) is 0. The van der Waals surface area contributed by atoms with Gasteiger partial charge in [-0.15, -0.1) is 0 Å². The van der Waals surface area contributed by atoms with E-state index in [1.807, 2.05) is 18.2 Å². The molecular weight excluding hydrogens is 294 g/mol. The van der Waals surface area contributed by atoms with Crippen LogP contribution in [0.1, 0.15) is 84.0 Å². The van der Waals surface area contributed by atoms with Crippen LogP contribution in [0, 0.1) is 0 Å². The van der Waals surface area contributed by atoms with Crippen LogP contribution in [-0.2, 0) is 4.79 Å². The molecule has 0 heterocycles. The van der Waals surface area contributed by atoms with E-state index in [-0.39, 0.29) is 0 Å². The summed E-state index contributed by atoms with van der Waals surface area (Å²) in [5, 5.41) is 0. The molecule has 0 spiro atoms. The van der Waals surface area contributed by atoms with Gasteiger partial charge in [0.25, 0.3) is 0 Å². The van der Waals surface area contributed by atoms with Gasteiger partial charge >= 0.3 is 0 Å². The number of amides is 1. The monoisotopic (exact) mass is 331 g/mol. The average molecular weight is 332 g/mol. The Morgan fingerprint density at radius 2 is 1.12 bits per heavy atom. The van der Waals surface area contributed by atoms with E-state index in [0.717, 1.165) is 6.42 Å². The van der Waals surface area contributed by atoms with Crippen LogP contribution >= 0.6 is 0 Å². The first-order valence-electron chi connectivity index (χ1n) is 9.73. The second-order valence-corrected chi connectivity index (χ2v) is 6.28. The quantitative estimate of drug-likeness (QED) is 0.198. The van der Waals surface area contributed by atoms with Crippen LogP contribution in [0.25, 0.3) is 0 Å². The molecular formula is C22H37NO. The van der Waals surface area contributed by atoms with Crippen LogP contribution in [0.2, 0.25) is 0 Å². The van der Waals surface area contributed by atoms with E-state index >= 15 is 0 Å². The second-order valence-electron chi connectivity index (χ2n) is 6.28.